The van der Waals surface area contributed by atoms with Gasteiger partial charge in [0.25, 0.3) is 0 Å². The van der Waals surface area contributed by atoms with Crippen LogP contribution >= 0.6 is 0 Å². The van der Waals surface area contributed by atoms with Crippen LogP contribution in [0.4, 0.5) is 0 Å². The first-order valence-electron chi connectivity index (χ1n) is 6.28. The van der Waals surface area contributed by atoms with Gasteiger partial charge in [0.15, 0.2) is 12.0 Å². The van der Waals surface area contributed by atoms with Crippen molar-refractivity contribution < 1.29 is 14.6 Å². The summed E-state index contributed by atoms with van der Waals surface area (Å²) in [5.41, 5.74) is 1.24. The van der Waals surface area contributed by atoms with Crippen molar-refractivity contribution in [1.82, 2.24) is 0 Å². The number of aliphatic imine (C=N–C) groups is 1. The Balaban J connectivity index is 2.02. The average Bonchev–Trinajstić information content (AvgIpc) is 2.90. The molecule has 1 aliphatic carbocycles. The molecular formula is C15H15NO3. The molecule has 1 heterocycles. The molecule has 0 fully saturated rings. The van der Waals surface area contributed by atoms with Crippen LogP contribution in [0.25, 0.3) is 0 Å². The molecule has 4 nitrogen and oxygen atoms in total. The lowest BCUT2D eigenvalue weighted by Crippen LogP contribution is -2.29. The standard InChI is InChI=1S/C15H15NO3/c17-9-10-18-13-6-2-1-5-12(13)15-8-4-3-7-14(15)16-11-19-15/h1-7,11,17H,8-10H2. The predicted molar refractivity (Wildman–Crippen MR) is 72.1 cm³/mol. The van der Waals surface area contributed by atoms with Gasteiger partial charge in [0.2, 0.25) is 0 Å². The van der Waals surface area contributed by atoms with Crippen molar-refractivity contribution in [2.24, 2.45) is 4.99 Å². The van der Waals surface area contributed by atoms with Gasteiger partial charge in [-0.25, -0.2) is 4.99 Å². The molecule has 0 spiro atoms. The Hall–Kier alpha value is -2.07. The van der Waals surface area contributed by atoms with E-state index in [4.69, 9.17) is 14.6 Å². The van der Waals surface area contributed by atoms with Crippen LogP contribution in [0.3, 0.4) is 0 Å². The molecule has 4 heteroatoms. The third-order valence-electron chi connectivity index (χ3n) is 3.33. The summed E-state index contributed by atoms with van der Waals surface area (Å²) in [6.07, 6.45) is 8.20. The second-order valence-electron chi connectivity index (χ2n) is 4.43. The highest BCUT2D eigenvalue weighted by Crippen LogP contribution is 2.46. The first kappa shape index (κ1) is 12.0. The van der Waals surface area contributed by atoms with Crippen LogP contribution in [0.15, 0.2) is 53.2 Å². The van der Waals surface area contributed by atoms with Crippen molar-refractivity contribution in [2.75, 3.05) is 13.2 Å². The molecule has 0 saturated heterocycles. The van der Waals surface area contributed by atoms with Crippen LogP contribution in [0, 0.1) is 0 Å². The van der Waals surface area contributed by atoms with E-state index in [0.717, 1.165) is 23.4 Å². The summed E-state index contributed by atoms with van der Waals surface area (Å²) in [5.74, 6) is 0.725. The molecule has 1 aromatic carbocycles. The maximum absolute atomic E-state index is 8.91. The van der Waals surface area contributed by atoms with E-state index in [9.17, 15) is 0 Å². The fraction of sp³-hybridized carbons (Fsp3) is 0.267. The van der Waals surface area contributed by atoms with E-state index < -0.39 is 5.60 Å². The molecule has 1 atom stereocenters. The Kier molecular flexibility index (Phi) is 3.09. The number of nitrogens with zero attached hydrogens (tertiary/aromatic N) is 1. The van der Waals surface area contributed by atoms with Crippen molar-refractivity contribution in [3.63, 3.8) is 0 Å². The molecule has 0 amide bonds. The number of aliphatic hydroxyl groups excluding tert-OH is 1. The highest BCUT2D eigenvalue weighted by atomic mass is 16.5. The Morgan fingerprint density at radius 3 is 3.16 bits per heavy atom. The number of para-hydroxylation sites is 1. The van der Waals surface area contributed by atoms with E-state index >= 15 is 0 Å². The fourth-order valence-electron chi connectivity index (χ4n) is 2.45. The summed E-state index contributed by atoms with van der Waals surface area (Å²) in [6, 6.07) is 7.73. The molecule has 1 unspecified atom stereocenters. The van der Waals surface area contributed by atoms with Crippen molar-refractivity contribution in [1.29, 1.82) is 0 Å². The SMILES string of the molecule is OCCOc1ccccc1C12CC=CC=C1N=CO2. The van der Waals surface area contributed by atoms with E-state index in [2.05, 4.69) is 11.1 Å². The zero-order chi connectivity index (χ0) is 13.1. The summed E-state index contributed by atoms with van der Waals surface area (Å²) in [4.78, 5) is 4.29. The van der Waals surface area contributed by atoms with E-state index in [0.29, 0.717) is 0 Å². The molecule has 98 valence electrons. The van der Waals surface area contributed by atoms with Gasteiger partial charge in [-0.15, -0.1) is 0 Å². The highest BCUT2D eigenvalue weighted by Gasteiger charge is 2.43. The highest BCUT2D eigenvalue weighted by molar-refractivity contribution is 5.61. The van der Waals surface area contributed by atoms with Crippen LogP contribution in [0.2, 0.25) is 0 Å². The zero-order valence-corrected chi connectivity index (χ0v) is 10.5. The number of ether oxygens (including phenoxy) is 2. The summed E-state index contributed by atoms with van der Waals surface area (Å²) in [5, 5.41) is 8.91. The van der Waals surface area contributed by atoms with Gasteiger partial charge in [-0.1, -0.05) is 30.4 Å². The Morgan fingerprint density at radius 2 is 2.26 bits per heavy atom. The van der Waals surface area contributed by atoms with Gasteiger partial charge in [-0.2, -0.15) is 0 Å². The summed E-state index contributed by atoms with van der Waals surface area (Å²) in [6.45, 7) is 0.254. The van der Waals surface area contributed by atoms with Gasteiger partial charge in [-0.05, 0) is 12.1 Å². The minimum Gasteiger partial charge on any atom is -0.491 e. The number of fused-ring (bicyclic) bond motifs is 1. The number of rotatable bonds is 4. The number of benzene rings is 1. The third kappa shape index (κ3) is 1.94. The second-order valence-corrected chi connectivity index (χ2v) is 4.43. The zero-order valence-electron chi connectivity index (χ0n) is 10.5. The van der Waals surface area contributed by atoms with Crippen molar-refractivity contribution in [3.05, 3.63) is 53.8 Å². The molecule has 2 aliphatic rings. The quantitative estimate of drug-likeness (QED) is 0.899. The van der Waals surface area contributed by atoms with Crippen LogP contribution in [-0.4, -0.2) is 24.7 Å². The molecule has 0 saturated carbocycles. The minimum atomic E-state index is -0.583. The first-order chi connectivity index (χ1) is 9.37. The second kappa shape index (κ2) is 4.90. The summed E-state index contributed by atoms with van der Waals surface area (Å²) < 4.78 is 11.4. The number of allylic oxidation sites excluding steroid dienone is 2. The Morgan fingerprint density at radius 1 is 1.37 bits per heavy atom. The molecule has 0 aromatic heterocycles. The number of hydrogen-bond acceptors (Lipinski definition) is 4. The molecular weight excluding hydrogens is 242 g/mol. The van der Waals surface area contributed by atoms with Crippen molar-refractivity contribution in [3.8, 4) is 5.75 Å². The molecule has 3 rings (SSSR count). The van der Waals surface area contributed by atoms with Gasteiger partial charge < -0.3 is 14.6 Å². The normalized spacial score (nSPS) is 23.7. The molecule has 0 bridgehead atoms. The van der Waals surface area contributed by atoms with E-state index in [1.54, 1.807) is 0 Å². The minimum absolute atomic E-state index is 0.0126. The maximum Gasteiger partial charge on any atom is 0.184 e. The van der Waals surface area contributed by atoms with Gasteiger partial charge in [-0.3, -0.25) is 0 Å². The van der Waals surface area contributed by atoms with Crippen molar-refractivity contribution >= 4 is 6.40 Å². The van der Waals surface area contributed by atoms with Gasteiger partial charge >= 0.3 is 0 Å². The average molecular weight is 257 g/mol. The lowest BCUT2D eigenvalue weighted by atomic mass is 9.84. The third-order valence-corrected chi connectivity index (χ3v) is 3.33. The number of hydrogen-bond donors (Lipinski definition) is 1. The lowest BCUT2D eigenvalue weighted by molar-refractivity contribution is 0.113. The Labute approximate surface area is 111 Å². The van der Waals surface area contributed by atoms with Crippen LogP contribution in [0.5, 0.6) is 5.75 Å². The van der Waals surface area contributed by atoms with E-state index in [1.807, 2.05) is 36.4 Å². The van der Waals surface area contributed by atoms with E-state index in [-0.39, 0.29) is 13.2 Å². The summed E-state index contributed by atoms with van der Waals surface area (Å²) in [7, 11) is 0. The van der Waals surface area contributed by atoms with Crippen LogP contribution in [-0.2, 0) is 10.3 Å². The van der Waals surface area contributed by atoms with Gasteiger partial charge in [0, 0.05) is 12.0 Å². The first-order valence-corrected chi connectivity index (χ1v) is 6.28. The fourth-order valence-corrected chi connectivity index (χ4v) is 2.45. The molecule has 1 aliphatic heterocycles. The van der Waals surface area contributed by atoms with Gasteiger partial charge in [0.05, 0.1) is 12.3 Å². The maximum atomic E-state index is 8.91. The topological polar surface area (TPSA) is 51.0 Å². The molecule has 19 heavy (non-hydrogen) atoms. The molecule has 1 N–H and O–H groups in total. The summed E-state index contributed by atoms with van der Waals surface area (Å²) >= 11 is 0. The number of aliphatic hydroxyl groups is 1. The van der Waals surface area contributed by atoms with E-state index in [1.165, 1.54) is 6.40 Å². The molecule has 0 radical (unpaired) electrons. The predicted octanol–water partition coefficient (Wildman–Crippen LogP) is 2.16. The largest absolute Gasteiger partial charge is 0.491 e. The smallest absolute Gasteiger partial charge is 0.184 e. The molecule has 1 aromatic rings. The van der Waals surface area contributed by atoms with Crippen molar-refractivity contribution in [2.45, 2.75) is 12.0 Å². The Bertz CT molecular complexity index is 562. The monoisotopic (exact) mass is 257 g/mol. The van der Waals surface area contributed by atoms with Gasteiger partial charge in [0.1, 0.15) is 12.4 Å². The van der Waals surface area contributed by atoms with Crippen LogP contribution < -0.4 is 4.74 Å². The lowest BCUT2D eigenvalue weighted by Gasteiger charge is -2.31. The van der Waals surface area contributed by atoms with Crippen LogP contribution in [0.1, 0.15) is 12.0 Å².